The van der Waals surface area contributed by atoms with Gasteiger partial charge >= 0.3 is 0 Å². The molecular formula is C23H16BrN3O. The number of hydrazone groups is 1. The molecular weight excluding hydrogens is 414 g/mol. The summed E-state index contributed by atoms with van der Waals surface area (Å²) in [7, 11) is 0. The van der Waals surface area contributed by atoms with Crippen molar-refractivity contribution < 1.29 is 4.79 Å². The summed E-state index contributed by atoms with van der Waals surface area (Å²) < 4.78 is 0.901. The van der Waals surface area contributed by atoms with Gasteiger partial charge in [0.25, 0.3) is 5.91 Å². The molecule has 0 N–H and O–H groups in total. The number of amides is 1. The van der Waals surface area contributed by atoms with Crippen LogP contribution in [0.25, 0.3) is 6.08 Å². The van der Waals surface area contributed by atoms with Crippen molar-refractivity contribution in [1.82, 2.24) is 5.01 Å². The molecule has 4 nitrogen and oxygen atoms in total. The number of hydrogen-bond acceptors (Lipinski definition) is 3. The van der Waals surface area contributed by atoms with Gasteiger partial charge < -0.3 is 0 Å². The number of amidine groups is 1. The summed E-state index contributed by atoms with van der Waals surface area (Å²) in [4.78, 5) is 17.6. The second-order valence-electron chi connectivity index (χ2n) is 6.12. The summed E-state index contributed by atoms with van der Waals surface area (Å²) >= 11 is 3.51. The van der Waals surface area contributed by atoms with E-state index in [9.17, 15) is 4.79 Å². The van der Waals surface area contributed by atoms with E-state index < -0.39 is 0 Å². The van der Waals surface area contributed by atoms with Crippen LogP contribution in [0.15, 0.2) is 105 Å². The fourth-order valence-corrected chi connectivity index (χ4v) is 3.19. The third-order valence-electron chi connectivity index (χ3n) is 4.19. The number of rotatable bonds is 4. The summed E-state index contributed by atoms with van der Waals surface area (Å²) in [5.41, 5.74) is 2.97. The largest absolute Gasteiger partial charge is 0.298 e. The molecule has 1 heterocycles. The van der Waals surface area contributed by atoms with Gasteiger partial charge in [-0.1, -0.05) is 94.8 Å². The molecule has 0 saturated carbocycles. The summed E-state index contributed by atoms with van der Waals surface area (Å²) in [5.74, 6) is 0.248. The Bertz CT molecular complexity index is 1090. The minimum atomic E-state index is -0.262. The molecule has 0 atom stereocenters. The zero-order valence-corrected chi connectivity index (χ0v) is 16.5. The number of hydrogen-bond donors (Lipinski definition) is 0. The van der Waals surface area contributed by atoms with E-state index in [0.29, 0.717) is 11.5 Å². The number of benzene rings is 3. The molecule has 1 aliphatic rings. The minimum Gasteiger partial charge on any atom is -0.265 e. The zero-order valence-electron chi connectivity index (χ0n) is 14.9. The van der Waals surface area contributed by atoms with Gasteiger partial charge in [-0.2, -0.15) is 10.1 Å². The smallest absolute Gasteiger partial charge is 0.265 e. The maximum Gasteiger partial charge on any atom is 0.298 e. The molecule has 4 rings (SSSR count). The van der Waals surface area contributed by atoms with Gasteiger partial charge in [-0.15, -0.1) is 0 Å². The number of carbonyl (C=O) groups excluding carboxylic acids is 1. The van der Waals surface area contributed by atoms with Crippen LogP contribution in [-0.4, -0.2) is 23.0 Å². The lowest BCUT2D eigenvalue weighted by atomic mass is 10.2. The molecule has 0 fully saturated rings. The van der Waals surface area contributed by atoms with E-state index in [2.05, 4.69) is 26.0 Å². The molecule has 0 spiro atoms. The number of nitrogens with zero attached hydrogens (tertiary/aromatic N) is 3. The van der Waals surface area contributed by atoms with E-state index in [4.69, 9.17) is 0 Å². The van der Waals surface area contributed by atoms with Crippen molar-refractivity contribution in [2.24, 2.45) is 10.1 Å². The van der Waals surface area contributed by atoms with Gasteiger partial charge in [0.05, 0.1) is 6.21 Å². The molecule has 0 aliphatic carbocycles. The van der Waals surface area contributed by atoms with Crippen LogP contribution in [0, 0.1) is 0 Å². The van der Waals surface area contributed by atoms with Crippen molar-refractivity contribution in [3.05, 3.63) is 112 Å². The lowest BCUT2D eigenvalue weighted by Gasteiger charge is -2.11. The third kappa shape index (κ3) is 3.85. The second-order valence-corrected chi connectivity index (χ2v) is 6.98. The average Bonchev–Trinajstić information content (AvgIpc) is 3.05. The van der Waals surface area contributed by atoms with E-state index >= 15 is 0 Å². The first kappa shape index (κ1) is 18.1. The highest BCUT2D eigenvalue weighted by Crippen LogP contribution is 2.25. The van der Waals surface area contributed by atoms with Crippen molar-refractivity contribution in [1.29, 1.82) is 0 Å². The fraction of sp³-hybridized carbons (Fsp3) is 0. The predicted molar refractivity (Wildman–Crippen MR) is 116 cm³/mol. The van der Waals surface area contributed by atoms with Gasteiger partial charge in [0, 0.05) is 10.0 Å². The zero-order chi connectivity index (χ0) is 19.3. The molecule has 0 bridgehead atoms. The minimum absolute atomic E-state index is 0.262. The number of halogens is 1. The van der Waals surface area contributed by atoms with Crippen molar-refractivity contribution >= 4 is 40.0 Å². The number of aliphatic imine (C=N–C) groups is 1. The molecule has 3 aromatic rings. The van der Waals surface area contributed by atoms with Gasteiger partial charge in [-0.05, 0) is 23.3 Å². The Kier molecular flexibility index (Phi) is 5.26. The highest BCUT2D eigenvalue weighted by atomic mass is 79.9. The topological polar surface area (TPSA) is 45.0 Å². The molecule has 0 radical (unpaired) electrons. The molecule has 1 amide bonds. The summed E-state index contributed by atoms with van der Waals surface area (Å²) in [6.45, 7) is 0. The molecule has 1 aliphatic heterocycles. The SMILES string of the molecule is O=C1/C(=C\c2ccccc2Br)N=C(c2ccccc2)N1/N=C/c1ccccc1. The Balaban J connectivity index is 1.75. The molecule has 0 saturated heterocycles. The Hall–Kier alpha value is -3.31. The first-order valence-corrected chi connectivity index (χ1v) is 9.55. The van der Waals surface area contributed by atoms with Crippen molar-refractivity contribution in [2.45, 2.75) is 0 Å². The predicted octanol–water partition coefficient (Wildman–Crippen LogP) is 5.11. The normalized spacial score (nSPS) is 15.5. The van der Waals surface area contributed by atoms with Crippen LogP contribution in [-0.2, 0) is 4.79 Å². The standard InChI is InChI=1S/C23H16BrN3O/c24-20-14-8-7-13-19(20)15-21-23(28)27(25-16-17-9-3-1-4-10-17)22(26-21)18-11-5-2-6-12-18/h1-16H/b21-15+,25-16+. The first-order chi connectivity index (χ1) is 13.7. The van der Waals surface area contributed by atoms with Crippen LogP contribution in [0.4, 0.5) is 0 Å². The fourth-order valence-electron chi connectivity index (χ4n) is 2.79. The van der Waals surface area contributed by atoms with Gasteiger partial charge in [0.15, 0.2) is 5.84 Å². The van der Waals surface area contributed by atoms with E-state index in [1.165, 1.54) is 5.01 Å². The number of carbonyl (C=O) groups is 1. The van der Waals surface area contributed by atoms with Gasteiger partial charge in [-0.25, -0.2) is 4.99 Å². The molecule has 0 unspecified atom stereocenters. The van der Waals surface area contributed by atoms with Crippen LogP contribution in [0.5, 0.6) is 0 Å². The third-order valence-corrected chi connectivity index (χ3v) is 4.91. The van der Waals surface area contributed by atoms with Crippen LogP contribution in [0.3, 0.4) is 0 Å². The van der Waals surface area contributed by atoms with Gasteiger partial charge in [-0.3, -0.25) is 4.79 Å². The van der Waals surface area contributed by atoms with E-state index in [1.807, 2.05) is 84.9 Å². The Morgan fingerprint density at radius 3 is 2.21 bits per heavy atom. The summed E-state index contributed by atoms with van der Waals surface area (Å²) in [5, 5.41) is 5.77. The lowest BCUT2D eigenvalue weighted by molar-refractivity contribution is -0.122. The van der Waals surface area contributed by atoms with Gasteiger partial charge in [0.1, 0.15) is 5.70 Å². The first-order valence-electron chi connectivity index (χ1n) is 8.76. The van der Waals surface area contributed by atoms with Crippen LogP contribution >= 0.6 is 15.9 Å². The van der Waals surface area contributed by atoms with Crippen molar-refractivity contribution in [3.8, 4) is 0 Å². The summed E-state index contributed by atoms with van der Waals surface area (Å²) in [6, 6.07) is 26.9. The van der Waals surface area contributed by atoms with E-state index in [-0.39, 0.29) is 5.91 Å². The Labute approximate surface area is 171 Å². The summed E-state index contributed by atoms with van der Waals surface area (Å²) in [6.07, 6.45) is 3.44. The van der Waals surface area contributed by atoms with Crippen LogP contribution < -0.4 is 0 Å². The molecule has 5 heteroatoms. The maximum absolute atomic E-state index is 13.0. The van der Waals surface area contributed by atoms with Crippen LogP contribution in [0.2, 0.25) is 0 Å². The van der Waals surface area contributed by atoms with Gasteiger partial charge in [0.2, 0.25) is 0 Å². The lowest BCUT2D eigenvalue weighted by Crippen LogP contribution is -2.27. The Morgan fingerprint density at radius 1 is 0.857 bits per heavy atom. The molecule has 28 heavy (non-hydrogen) atoms. The molecule has 0 aromatic heterocycles. The highest BCUT2D eigenvalue weighted by Gasteiger charge is 2.31. The van der Waals surface area contributed by atoms with Crippen molar-refractivity contribution in [2.75, 3.05) is 0 Å². The van der Waals surface area contributed by atoms with E-state index in [0.717, 1.165) is 21.2 Å². The Morgan fingerprint density at radius 2 is 1.50 bits per heavy atom. The van der Waals surface area contributed by atoms with E-state index in [1.54, 1.807) is 12.3 Å². The molecule has 136 valence electrons. The monoisotopic (exact) mass is 429 g/mol. The average molecular weight is 430 g/mol. The maximum atomic E-state index is 13.0. The second kappa shape index (κ2) is 8.15. The van der Waals surface area contributed by atoms with Crippen LogP contribution in [0.1, 0.15) is 16.7 Å². The highest BCUT2D eigenvalue weighted by molar-refractivity contribution is 9.10. The van der Waals surface area contributed by atoms with Crippen molar-refractivity contribution in [3.63, 3.8) is 0 Å². The molecule has 3 aromatic carbocycles. The quantitative estimate of drug-likeness (QED) is 0.419.